The molecule has 0 saturated carbocycles. The zero-order valence-electron chi connectivity index (χ0n) is 44.2. The summed E-state index contributed by atoms with van der Waals surface area (Å²) in [5.74, 6) is -5.61. The Bertz CT molecular complexity index is 3070. The number of aromatic nitrogens is 1. The number of hydrogen-bond acceptors (Lipinski definition) is 13. The molecule has 0 unspecified atom stereocenters. The van der Waals surface area contributed by atoms with E-state index in [0.29, 0.717) is 30.5 Å². The summed E-state index contributed by atoms with van der Waals surface area (Å²) in [6.07, 6.45) is 3.05. The molecule has 22 heteroatoms. The number of carbonyl (C=O) groups is 8. The standard InChI is InChI=1S/C58H71N11O9S2/c59-26-9-8-20-45(54(74)62-27-11-21-51(71)64-49(33-79)57(77)66-46(52(61)72)30-38-16-10-15-37-14-4-5-17-41(37)38)65-56(76)48(31-39-32-63-44-19-7-6-18-42(39)44)68-55(75)47(29-36-22-24-40(70)25-23-36)67-58(78)50(34-80)69-53(73)43(60)28-35-12-2-1-3-13-35/h1-7,10,12-19,22-25,32,43,45-50,63,70,79-80H,8-9,11,20-21,26-31,33-34,59-60H2,(H2,61,72)(H,62,74)(H,64,71)(H,65,76)(H,66,77)(H,67,78)(H,68,75)(H,69,73)/t43-,45+,46+,47+,48-,49-,50-/m1/s1. The van der Waals surface area contributed by atoms with Crippen molar-refractivity contribution < 1.29 is 43.5 Å². The maximum absolute atomic E-state index is 14.6. The molecule has 6 aromatic rings. The third kappa shape index (κ3) is 18.3. The third-order valence-corrected chi connectivity index (χ3v) is 14.2. The predicted molar refractivity (Wildman–Crippen MR) is 313 cm³/mol. The van der Waals surface area contributed by atoms with Crippen molar-refractivity contribution in [2.24, 2.45) is 17.2 Å². The molecule has 0 aliphatic rings. The number of nitrogens with one attached hydrogen (secondary N) is 8. The van der Waals surface area contributed by atoms with Crippen LogP contribution in [-0.4, -0.2) is 124 Å². The fourth-order valence-electron chi connectivity index (χ4n) is 9.05. The first-order valence-corrected chi connectivity index (χ1v) is 27.7. The van der Waals surface area contributed by atoms with E-state index in [1.165, 1.54) is 12.1 Å². The number of carbonyl (C=O) groups excluding carboxylic acids is 8. The van der Waals surface area contributed by atoms with Crippen LogP contribution in [-0.2, 0) is 64.0 Å². The van der Waals surface area contributed by atoms with Gasteiger partial charge in [-0.15, -0.1) is 0 Å². The first-order valence-electron chi connectivity index (χ1n) is 26.5. The molecule has 0 saturated heterocycles. The van der Waals surface area contributed by atoms with Crippen molar-refractivity contribution in [2.45, 2.75) is 100 Å². The highest BCUT2D eigenvalue weighted by atomic mass is 32.1. The van der Waals surface area contributed by atoms with Crippen LogP contribution in [0.4, 0.5) is 0 Å². The van der Waals surface area contributed by atoms with E-state index in [0.717, 1.165) is 32.8 Å². The van der Waals surface area contributed by atoms with Crippen molar-refractivity contribution in [3.05, 3.63) is 150 Å². The van der Waals surface area contributed by atoms with Crippen molar-refractivity contribution >= 4 is 94.2 Å². The number of H-pyrrole nitrogens is 1. The number of phenols is 1. The number of hydrogen-bond donors (Lipinski definition) is 14. The third-order valence-electron chi connectivity index (χ3n) is 13.4. The Morgan fingerprint density at radius 3 is 1.74 bits per heavy atom. The number of phenolic OH excluding ortho intramolecular Hbond substituents is 1. The lowest BCUT2D eigenvalue weighted by molar-refractivity contribution is -0.134. The second kappa shape index (κ2) is 31.0. The molecule has 15 N–H and O–H groups in total. The van der Waals surface area contributed by atoms with Crippen molar-refractivity contribution in [1.82, 2.24) is 42.2 Å². The summed E-state index contributed by atoms with van der Waals surface area (Å²) in [5, 5.41) is 31.8. The number of fused-ring (bicyclic) bond motifs is 2. The molecule has 6 rings (SSSR count). The van der Waals surface area contributed by atoms with Crippen LogP contribution in [0.1, 0.15) is 54.4 Å². The molecule has 5 aromatic carbocycles. The Kier molecular flexibility index (Phi) is 23.8. The van der Waals surface area contributed by atoms with Gasteiger partial charge in [-0.1, -0.05) is 103 Å². The minimum absolute atomic E-state index is 0.00285. The van der Waals surface area contributed by atoms with Gasteiger partial charge in [0.05, 0.1) is 6.04 Å². The van der Waals surface area contributed by atoms with Gasteiger partial charge >= 0.3 is 0 Å². The van der Waals surface area contributed by atoms with Gasteiger partial charge in [-0.05, 0) is 89.9 Å². The Morgan fingerprint density at radius 1 is 0.512 bits per heavy atom. The van der Waals surface area contributed by atoms with Gasteiger partial charge in [-0.2, -0.15) is 25.3 Å². The molecular weight excluding hydrogens is 1060 g/mol. The summed E-state index contributed by atoms with van der Waals surface area (Å²) < 4.78 is 0. The van der Waals surface area contributed by atoms with E-state index in [1.54, 1.807) is 18.3 Å². The minimum atomic E-state index is -1.34. The van der Waals surface area contributed by atoms with Gasteiger partial charge < -0.3 is 64.5 Å². The zero-order valence-corrected chi connectivity index (χ0v) is 46.0. The molecule has 8 amide bonds. The van der Waals surface area contributed by atoms with Crippen LogP contribution in [0.5, 0.6) is 5.75 Å². The summed E-state index contributed by atoms with van der Waals surface area (Å²) in [5.41, 5.74) is 21.3. The van der Waals surface area contributed by atoms with Crippen LogP contribution in [0, 0.1) is 0 Å². The van der Waals surface area contributed by atoms with Crippen LogP contribution in [0.25, 0.3) is 21.7 Å². The molecule has 20 nitrogen and oxygen atoms in total. The molecule has 1 heterocycles. The number of unbranched alkanes of at least 4 members (excludes halogenated alkanes) is 1. The molecular formula is C58H71N11O9S2. The van der Waals surface area contributed by atoms with Crippen LogP contribution in [0.2, 0.25) is 0 Å². The maximum atomic E-state index is 14.6. The van der Waals surface area contributed by atoms with Gasteiger partial charge in [0.2, 0.25) is 47.3 Å². The number of primary amides is 1. The van der Waals surface area contributed by atoms with Gasteiger partial charge in [-0.25, -0.2) is 0 Å². The van der Waals surface area contributed by atoms with E-state index in [2.05, 4.69) is 67.5 Å². The lowest BCUT2D eigenvalue weighted by Gasteiger charge is -2.27. The van der Waals surface area contributed by atoms with E-state index in [-0.39, 0.29) is 68.7 Å². The largest absolute Gasteiger partial charge is 0.508 e. The van der Waals surface area contributed by atoms with E-state index in [9.17, 15) is 43.5 Å². The van der Waals surface area contributed by atoms with Gasteiger partial charge in [0, 0.05) is 60.8 Å². The Morgan fingerprint density at radius 2 is 1.06 bits per heavy atom. The fourth-order valence-corrected chi connectivity index (χ4v) is 9.56. The molecule has 7 atom stereocenters. The van der Waals surface area contributed by atoms with E-state index < -0.39 is 89.6 Å². The zero-order chi connectivity index (χ0) is 57.6. The number of amides is 8. The number of aromatic hydroxyl groups is 1. The Hall–Kier alpha value is -7.92. The minimum Gasteiger partial charge on any atom is -0.508 e. The summed E-state index contributed by atoms with van der Waals surface area (Å²) in [6, 6.07) is 27.6. The highest BCUT2D eigenvalue weighted by Gasteiger charge is 2.33. The summed E-state index contributed by atoms with van der Waals surface area (Å²) in [6.45, 7) is 0.324. The Balaban J connectivity index is 1.11. The summed E-state index contributed by atoms with van der Waals surface area (Å²) >= 11 is 8.60. The number of aromatic amines is 1. The lowest BCUT2D eigenvalue weighted by atomic mass is 9.98. The number of nitrogens with two attached hydrogens (primary N) is 3. The molecule has 0 fully saturated rings. The second-order valence-corrected chi connectivity index (χ2v) is 20.2. The monoisotopic (exact) mass is 1130 g/mol. The van der Waals surface area contributed by atoms with Gasteiger partial charge in [0.15, 0.2) is 0 Å². The SMILES string of the molecule is NCCCC[C@H](NC(=O)[C@@H](Cc1c[nH]c2ccccc12)NC(=O)[C@H](Cc1ccc(O)cc1)NC(=O)[C@@H](CS)NC(=O)[C@H](N)Cc1ccccc1)C(=O)NCCCC(=O)N[C@H](CS)C(=O)N[C@@H](Cc1cccc2ccccc12)C(N)=O. The van der Waals surface area contributed by atoms with Crippen molar-refractivity contribution in [2.75, 3.05) is 24.6 Å². The topological polar surface area (TPSA) is 335 Å². The summed E-state index contributed by atoms with van der Waals surface area (Å²) in [4.78, 5) is 113. The van der Waals surface area contributed by atoms with Crippen LogP contribution < -0.4 is 54.4 Å². The number of benzene rings is 5. The first kappa shape index (κ1) is 61.3. The van der Waals surface area contributed by atoms with Crippen molar-refractivity contribution in [3.8, 4) is 5.75 Å². The molecule has 1 aromatic heterocycles. The van der Waals surface area contributed by atoms with Gasteiger partial charge in [0.25, 0.3) is 0 Å². The van der Waals surface area contributed by atoms with Gasteiger partial charge in [-0.3, -0.25) is 38.4 Å². The maximum Gasteiger partial charge on any atom is 0.244 e. The molecule has 0 aliphatic carbocycles. The average Bonchev–Trinajstić information content (AvgIpc) is 3.87. The molecule has 0 spiro atoms. The number of para-hydroxylation sites is 1. The second-order valence-electron chi connectivity index (χ2n) is 19.4. The first-order chi connectivity index (χ1) is 38.6. The normalized spacial score (nSPS) is 13.8. The fraction of sp³-hybridized carbons (Fsp3) is 0.345. The summed E-state index contributed by atoms with van der Waals surface area (Å²) in [7, 11) is 0. The van der Waals surface area contributed by atoms with E-state index in [1.807, 2.05) is 97.1 Å². The number of thiol groups is 2. The smallest absolute Gasteiger partial charge is 0.244 e. The van der Waals surface area contributed by atoms with E-state index in [4.69, 9.17) is 17.2 Å². The van der Waals surface area contributed by atoms with Crippen LogP contribution >= 0.6 is 25.3 Å². The van der Waals surface area contributed by atoms with Crippen LogP contribution in [0.3, 0.4) is 0 Å². The predicted octanol–water partition coefficient (Wildman–Crippen LogP) is 1.90. The average molecular weight is 1130 g/mol. The highest BCUT2D eigenvalue weighted by molar-refractivity contribution is 7.80. The van der Waals surface area contributed by atoms with Crippen LogP contribution in [0.15, 0.2) is 128 Å². The van der Waals surface area contributed by atoms with Gasteiger partial charge in [0.1, 0.15) is 42.0 Å². The van der Waals surface area contributed by atoms with Crippen molar-refractivity contribution in [3.63, 3.8) is 0 Å². The van der Waals surface area contributed by atoms with E-state index >= 15 is 0 Å². The molecule has 0 radical (unpaired) electrons. The Labute approximate surface area is 475 Å². The molecule has 424 valence electrons. The molecule has 0 bridgehead atoms. The molecule has 0 aliphatic heterocycles. The lowest BCUT2D eigenvalue weighted by Crippen LogP contribution is -2.60. The molecule has 80 heavy (non-hydrogen) atoms. The number of rotatable bonds is 31. The van der Waals surface area contributed by atoms with Crippen molar-refractivity contribution in [1.29, 1.82) is 0 Å². The highest BCUT2D eigenvalue weighted by Crippen LogP contribution is 2.22. The quantitative estimate of drug-likeness (QED) is 0.0220.